The Bertz CT molecular complexity index is 852. The number of carbonyl (C=O) groups excluding carboxylic acids is 2. The van der Waals surface area contributed by atoms with Crippen LogP contribution in [0, 0.1) is 34.5 Å². The van der Waals surface area contributed by atoms with Crippen LogP contribution in [0.1, 0.15) is 52.4 Å². The van der Waals surface area contributed by atoms with E-state index in [9.17, 15) is 9.59 Å². The number of thioether (sulfide) groups is 1. The third kappa shape index (κ3) is 3.19. The molecule has 29 heavy (non-hydrogen) atoms. The maximum Gasteiger partial charge on any atom is 0.227 e. The number of allylic oxidation sites excluding steroid dienone is 1. The molecule has 0 bridgehead atoms. The van der Waals surface area contributed by atoms with Crippen LogP contribution in [-0.2, 0) is 9.59 Å². The molecular formula is C25H31NO2S. The fraction of sp³-hybridized carbons (Fsp3) is 0.600. The van der Waals surface area contributed by atoms with Gasteiger partial charge in [-0.05, 0) is 79.9 Å². The van der Waals surface area contributed by atoms with E-state index in [4.69, 9.17) is 0 Å². The van der Waals surface area contributed by atoms with Crippen LogP contribution in [-0.4, -0.2) is 16.3 Å². The van der Waals surface area contributed by atoms with Crippen LogP contribution in [0.4, 0.5) is 5.69 Å². The first-order valence-corrected chi connectivity index (χ1v) is 12.0. The van der Waals surface area contributed by atoms with Crippen molar-refractivity contribution in [1.29, 1.82) is 0 Å². The van der Waals surface area contributed by atoms with Crippen molar-refractivity contribution in [3.8, 4) is 0 Å². The number of fused-ring (bicyclic) bond motifs is 5. The molecule has 4 aliphatic rings. The summed E-state index contributed by atoms with van der Waals surface area (Å²) < 4.78 is 0. The highest BCUT2D eigenvalue weighted by Gasteiger charge is 2.59. The maximum absolute atomic E-state index is 13.0. The Kier molecular flexibility index (Phi) is 4.69. The van der Waals surface area contributed by atoms with Gasteiger partial charge in [0.2, 0.25) is 11.0 Å². The molecule has 3 aliphatic carbocycles. The molecule has 3 fully saturated rings. The fourth-order valence-electron chi connectivity index (χ4n) is 7.23. The molecular weight excluding hydrogens is 378 g/mol. The first-order chi connectivity index (χ1) is 13.9. The highest BCUT2D eigenvalue weighted by atomic mass is 32.2. The first kappa shape index (κ1) is 19.4. The van der Waals surface area contributed by atoms with Gasteiger partial charge in [-0.15, -0.1) is 0 Å². The lowest BCUT2D eigenvalue weighted by Gasteiger charge is -2.57. The molecule has 0 radical (unpaired) electrons. The van der Waals surface area contributed by atoms with Gasteiger partial charge in [-0.2, -0.15) is 0 Å². The molecule has 0 spiro atoms. The number of benzene rings is 1. The topological polar surface area (TPSA) is 46.2 Å². The summed E-state index contributed by atoms with van der Waals surface area (Å²) in [5, 5.41) is 3.81. The maximum atomic E-state index is 13.0. The number of rotatable bonds is 2. The summed E-state index contributed by atoms with van der Waals surface area (Å²) in [5.74, 6) is 2.27. The number of anilines is 1. The van der Waals surface area contributed by atoms with Gasteiger partial charge in [0.25, 0.3) is 0 Å². The zero-order valence-corrected chi connectivity index (χ0v) is 18.2. The van der Waals surface area contributed by atoms with Gasteiger partial charge < -0.3 is 5.32 Å². The second-order valence-electron chi connectivity index (χ2n) is 10.3. The van der Waals surface area contributed by atoms with E-state index in [2.05, 4.69) is 25.2 Å². The van der Waals surface area contributed by atoms with E-state index in [1.54, 1.807) is 11.8 Å². The molecule has 1 amide bonds. The normalized spacial score (nSPS) is 43.2. The smallest absolute Gasteiger partial charge is 0.227 e. The third-order valence-corrected chi connectivity index (χ3v) is 10.1. The Labute approximate surface area is 178 Å². The van der Waals surface area contributed by atoms with Crippen molar-refractivity contribution in [2.24, 2.45) is 34.5 Å². The summed E-state index contributed by atoms with van der Waals surface area (Å²) in [5.41, 5.74) is 1.31. The number of amides is 1. The molecule has 3 nitrogen and oxygen atoms in total. The van der Waals surface area contributed by atoms with Crippen LogP contribution >= 0.6 is 11.8 Å². The number of para-hydroxylation sites is 1. The van der Waals surface area contributed by atoms with Crippen LogP contribution in [0.5, 0.6) is 0 Å². The zero-order chi connectivity index (χ0) is 20.2. The van der Waals surface area contributed by atoms with Crippen molar-refractivity contribution in [2.75, 3.05) is 5.32 Å². The van der Waals surface area contributed by atoms with Gasteiger partial charge in [0.15, 0.2) is 0 Å². The van der Waals surface area contributed by atoms with E-state index in [-0.39, 0.29) is 27.8 Å². The van der Waals surface area contributed by atoms with E-state index >= 15 is 0 Å². The minimum absolute atomic E-state index is 0.118. The van der Waals surface area contributed by atoms with Gasteiger partial charge in [0.05, 0.1) is 0 Å². The van der Waals surface area contributed by atoms with Crippen LogP contribution < -0.4 is 5.32 Å². The summed E-state index contributed by atoms with van der Waals surface area (Å²) >= 11 is 1.57. The van der Waals surface area contributed by atoms with Gasteiger partial charge in [-0.1, -0.05) is 49.9 Å². The van der Waals surface area contributed by atoms with Crippen LogP contribution in [0.15, 0.2) is 42.5 Å². The van der Waals surface area contributed by atoms with Crippen molar-refractivity contribution in [3.05, 3.63) is 42.5 Å². The lowest BCUT2D eigenvalue weighted by molar-refractivity contribution is -0.120. The molecule has 1 N–H and O–H groups in total. The standard InChI is InChI=1S/C25H31NO2S/c1-24-12-10-19-18(8-9-21-25(19,2)13-11-22(27)29-21)20(24)14-16(15-24)23(28)26-17-6-4-3-5-7-17/h3-7,11,13,16,18-21H,8-10,12,14-15H2,1-2H3,(H,26,28)/t16-,18+,19-,20-,21+,24+,25+/m0/s1. The van der Waals surface area contributed by atoms with E-state index in [1.807, 2.05) is 36.4 Å². The molecule has 7 atom stereocenters. The Hall–Kier alpha value is -1.55. The number of nitrogens with one attached hydrogen (secondary N) is 1. The molecule has 0 aromatic heterocycles. The van der Waals surface area contributed by atoms with Crippen LogP contribution in [0.3, 0.4) is 0 Å². The van der Waals surface area contributed by atoms with Gasteiger partial charge in [-0.25, -0.2) is 0 Å². The van der Waals surface area contributed by atoms with Crippen molar-refractivity contribution >= 4 is 28.5 Å². The van der Waals surface area contributed by atoms with Crippen LogP contribution in [0.25, 0.3) is 0 Å². The number of hydrogen-bond acceptors (Lipinski definition) is 3. The number of carbonyl (C=O) groups is 2. The minimum Gasteiger partial charge on any atom is -0.326 e. The van der Waals surface area contributed by atoms with Gasteiger partial charge in [0.1, 0.15) is 0 Å². The molecule has 0 saturated heterocycles. The molecule has 5 rings (SSSR count). The Balaban J connectivity index is 1.36. The van der Waals surface area contributed by atoms with E-state index in [1.165, 1.54) is 19.3 Å². The van der Waals surface area contributed by atoms with Gasteiger partial charge >= 0.3 is 0 Å². The molecule has 0 unspecified atom stereocenters. The summed E-state index contributed by atoms with van der Waals surface area (Å²) in [4.78, 5) is 25.0. The Morgan fingerprint density at radius 1 is 1.10 bits per heavy atom. The second-order valence-corrected chi connectivity index (χ2v) is 11.5. The summed E-state index contributed by atoms with van der Waals surface area (Å²) in [6.07, 6.45) is 10.9. The zero-order valence-electron chi connectivity index (χ0n) is 17.4. The van der Waals surface area contributed by atoms with Crippen molar-refractivity contribution in [2.45, 2.75) is 57.6 Å². The van der Waals surface area contributed by atoms with Gasteiger partial charge in [-0.3, -0.25) is 9.59 Å². The minimum atomic E-state index is 0.118. The SMILES string of the molecule is C[C@]12CC[C@H]3[C@@H](CC[C@H]4SC(=O)C=C[C@@]43C)[C@@H]1C[C@H](C(=O)Nc1ccccc1)C2. The summed E-state index contributed by atoms with van der Waals surface area (Å²) in [6.45, 7) is 4.83. The monoisotopic (exact) mass is 409 g/mol. The average molecular weight is 410 g/mol. The van der Waals surface area contributed by atoms with Crippen molar-refractivity contribution in [1.82, 2.24) is 0 Å². The molecule has 3 saturated carbocycles. The van der Waals surface area contributed by atoms with E-state index in [0.29, 0.717) is 23.0 Å². The highest BCUT2D eigenvalue weighted by Crippen LogP contribution is 2.65. The molecule has 1 aliphatic heterocycles. The predicted molar refractivity (Wildman–Crippen MR) is 118 cm³/mol. The molecule has 1 heterocycles. The van der Waals surface area contributed by atoms with Gasteiger partial charge in [0, 0.05) is 22.3 Å². The molecule has 1 aromatic rings. The predicted octanol–water partition coefficient (Wildman–Crippen LogP) is 5.68. The molecule has 154 valence electrons. The molecule has 4 heteroatoms. The van der Waals surface area contributed by atoms with E-state index < -0.39 is 0 Å². The van der Waals surface area contributed by atoms with Crippen LogP contribution in [0.2, 0.25) is 0 Å². The number of hydrogen-bond donors (Lipinski definition) is 1. The largest absolute Gasteiger partial charge is 0.326 e. The second kappa shape index (κ2) is 7.01. The first-order valence-electron chi connectivity index (χ1n) is 11.1. The Morgan fingerprint density at radius 3 is 2.69 bits per heavy atom. The highest BCUT2D eigenvalue weighted by molar-refractivity contribution is 8.14. The van der Waals surface area contributed by atoms with E-state index in [0.717, 1.165) is 24.9 Å². The summed E-state index contributed by atoms with van der Waals surface area (Å²) in [6, 6.07) is 9.84. The third-order valence-electron chi connectivity index (χ3n) is 8.71. The fourth-order valence-corrected chi connectivity index (χ4v) is 8.41. The lowest BCUT2D eigenvalue weighted by atomic mass is 9.50. The average Bonchev–Trinajstić information content (AvgIpc) is 3.07. The summed E-state index contributed by atoms with van der Waals surface area (Å²) in [7, 11) is 0. The molecule has 1 aromatic carbocycles. The van der Waals surface area contributed by atoms with Crippen molar-refractivity contribution < 1.29 is 9.59 Å². The quantitative estimate of drug-likeness (QED) is 0.683. The van der Waals surface area contributed by atoms with Crippen molar-refractivity contribution in [3.63, 3.8) is 0 Å². The Morgan fingerprint density at radius 2 is 1.90 bits per heavy atom. The lowest BCUT2D eigenvalue weighted by Crippen LogP contribution is -2.52.